The molecule has 5 nitrogen and oxygen atoms in total. The smallest absolute Gasteiger partial charge is 0.340 e. The van der Waals surface area contributed by atoms with Crippen LogP contribution >= 0.6 is 15.9 Å². The van der Waals surface area contributed by atoms with Gasteiger partial charge in [0.1, 0.15) is 0 Å². The van der Waals surface area contributed by atoms with Crippen molar-refractivity contribution in [3.63, 3.8) is 0 Å². The maximum Gasteiger partial charge on any atom is 0.340 e. The molecule has 0 aliphatic carbocycles. The van der Waals surface area contributed by atoms with Crippen molar-refractivity contribution >= 4 is 38.8 Å². The van der Waals surface area contributed by atoms with Gasteiger partial charge in [-0.3, -0.25) is 4.98 Å². The highest BCUT2D eigenvalue weighted by Gasteiger charge is 2.16. The second-order valence-electron chi connectivity index (χ2n) is 4.16. The average Bonchev–Trinajstić information content (AvgIpc) is 2.47. The van der Waals surface area contributed by atoms with Crippen molar-refractivity contribution < 1.29 is 19.1 Å². The molecule has 0 aliphatic rings. The van der Waals surface area contributed by atoms with Crippen LogP contribution in [0.4, 0.5) is 0 Å². The maximum atomic E-state index is 11.8. The van der Waals surface area contributed by atoms with Crippen LogP contribution in [0, 0.1) is 0 Å². The Hall–Kier alpha value is -1.95. The highest BCUT2D eigenvalue weighted by Crippen LogP contribution is 2.27. The monoisotopic (exact) mass is 351 g/mol. The minimum absolute atomic E-state index is 0.297. The molecule has 0 saturated heterocycles. The van der Waals surface area contributed by atoms with E-state index in [1.54, 1.807) is 32.0 Å². The number of fused-ring (bicyclic) bond motifs is 1. The average molecular weight is 352 g/mol. The summed E-state index contributed by atoms with van der Waals surface area (Å²) in [6.07, 6.45) is 1.43. The summed E-state index contributed by atoms with van der Waals surface area (Å²) in [7, 11) is 0. The lowest BCUT2D eigenvalue weighted by molar-refractivity contribution is 0.0515. The van der Waals surface area contributed by atoms with Crippen molar-refractivity contribution in [1.82, 2.24) is 4.98 Å². The summed E-state index contributed by atoms with van der Waals surface area (Å²) in [5, 5.41) is 0.730. The zero-order valence-corrected chi connectivity index (χ0v) is 13.3. The first-order valence-corrected chi connectivity index (χ1v) is 7.30. The third-order valence-corrected chi connectivity index (χ3v) is 3.66. The van der Waals surface area contributed by atoms with Crippen LogP contribution in [0.1, 0.15) is 34.6 Å². The summed E-state index contributed by atoms with van der Waals surface area (Å²) >= 11 is 3.39. The number of nitrogens with zero attached hydrogens (tertiary/aromatic N) is 1. The van der Waals surface area contributed by atoms with Gasteiger partial charge < -0.3 is 9.47 Å². The third kappa shape index (κ3) is 3.21. The van der Waals surface area contributed by atoms with Crippen LogP contribution in [0.25, 0.3) is 10.9 Å². The molecule has 2 rings (SSSR count). The number of carbonyl (C=O) groups excluding carboxylic acids is 2. The fourth-order valence-corrected chi connectivity index (χ4v) is 2.45. The van der Waals surface area contributed by atoms with Gasteiger partial charge in [0, 0.05) is 16.1 Å². The van der Waals surface area contributed by atoms with Gasteiger partial charge in [0.15, 0.2) is 0 Å². The minimum Gasteiger partial charge on any atom is -0.462 e. The second-order valence-corrected chi connectivity index (χ2v) is 4.95. The fraction of sp³-hybridized carbons (Fsp3) is 0.267. The first kappa shape index (κ1) is 15.4. The Morgan fingerprint density at radius 1 is 1.14 bits per heavy atom. The number of benzene rings is 1. The summed E-state index contributed by atoms with van der Waals surface area (Å²) < 4.78 is 10.5. The lowest BCUT2D eigenvalue weighted by Gasteiger charge is -2.08. The van der Waals surface area contributed by atoms with E-state index in [-0.39, 0.29) is 0 Å². The molecule has 0 fully saturated rings. The molecule has 6 heteroatoms. The fourth-order valence-electron chi connectivity index (χ4n) is 1.85. The summed E-state index contributed by atoms with van der Waals surface area (Å²) in [6, 6.07) is 5.00. The van der Waals surface area contributed by atoms with Gasteiger partial charge in [-0.1, -0.05) is 6.07 Å². The molecule has 0 spiro atoms. The number of ether oxygens (including phenoxy) is 2. The Balaban J connectivity index is 2.46. The zero-order chi connectivity index (χ0) is 15.4. The minimum atomic E-state index is -0.437. The third-order valence-electron chi connectivity index (χ3n) is 2.81. The van der Waals surface area contributed by atoms with E-state index < -0.39 is 11.9 Å². The molecule has 1 heterocycles. The van der Waals surface area contributed by atoms with Gasteiger partial charge in [0.25, 0.3) is 0 Å². The highest BCUT2D eigenvalue weighted by molar-refractivity contribution is 9.10. The summed E-state index contributed by atoms with van der Waals surface area (Å²) in [6.45, 7) is 4.10. The highest BCUT2D eigenvalue weighted by atomic mass is 79.9. The van der Waals surface area contributed by atoms with E-state index in [2.05, 4.69) is 20.9 Å². The van der Waals surface area contributed by atoms with Crippen molar-refractivity contribution in [1.29, 1.82) is 0 Å². The number of rotatable bonds is 4. The lowest BCUT2D eigenvalue weighted by atomic mass is 10.1. The number of pyridine rings is 1. The number of hydrogen-bond acceptors (Lipinski definition) is 5. The first-order chi connectivity index (χ1) is 10.1. The van der Waals surface area contributed by atoms with Crippen LogP contribution in [0.2, 0.25) is 0 Å². The van der Waals surface area contributed by atoms with E-state index in [1.807, 2.05) is 0 Å². The second kappa shape index (κ2) is 6.67. The van der Waals surface area contributed by atoms with Crippen molar-refractivity contribution in [2.24, 2.45) is 0 Å². The zero-order valence-electron chi connectivity index (χ0n) is 11.7. The van der Waals surface area contributed by atoms with Crippen LogP contribution in [-0.4, -0.2) is 30.1 Å². The van der Waals surface area contributed by atoms with Crippen molar-refractivity contribution in [2.75, 3.05) is 13.2 Å². The summed E-state index contributed by atoms with van der Waals surface area (Å²) in [5.41, 5.74) is 1.38. The topological polar surface area (TPSA) is 65.5 Å². The molecule has 0 aliphatic heterocycles. The first-order valence-electron chi connectivity index (χ1n) is 6.51. The summed E-state index contributed by atoms with van der Waals surface area (Å²) in [4.78, 5) is 27.7. The van der Waals surface area contributed by atoms with Crippen LogP contribution in [-0.2, 0) is 9.47 Å². The molecule has 0 unspecified atom stereocenters. The van der Waals surface area contributed by atoms with Gasteiger partial charge >= 0.3 is 11.9 Å². The summed E-state index contributed by atoms with van der Waals surface area (Å²) in [5.74, 6) is -0.833. The van der Waals surface area contributed by atoms with Gasteiger partial charge in [-0.05, 0) is 41.9 Å². The largest absolute Gasteiger partial charge is 0.462 e. The van der Waals surface area contributed by atoms with Gasteiger partial charge in [0.2, 0.25) is 0 Å². The van der Waals surface area contributed by atoms with Crippen LogP contribution < -0.4 is 0 Å². The molecular formula is C15H14BrNO4. The molecule has 0 bridgehead atoms. The predicted octanol–water partition coefficient (Wildman–Crippen LogP) is 3.35. The quantitative estimate of drug-likeness (QED) is 0.790. The molecule has 0 amide bonds. The predicted molar refractivity (Wildman–Crippen MR) is 81.4 cm³/mol. The van der Waals surface area contributed by atoms with Crippen LogP contribution in [0.15, 0.2) is 28.9 Å². The van der Waals surface area contributed by atoms with Gasteiger partial charge in [-0.25, -0.2) is 9.59 Å². The standard InChI is InChI=1S/C15H14BrNO4/c1-3-20-14(18)9-5-6-10-12(7-9)17-8-11(13(10)16)15(19)21-4-2/h5-8H,3-4H2,1-2H3. The Labute approximate surface area is 130 Å². The number of halogens is 1. The normalized spacial score (nSPS) is 10.4. The Kier molecular flexibility index (Phi) is 4.90. The molecule has 2 aromatic rings. The Morgan fingerprint density at radius 2 is 1.81 bits per heavy atom. The molecule has 0 atom stereocenters. The molecule has 21 heavy (non-hydrogen) atoms. The van der Waals surface area contributed by atoms with E-state index in [0.29, 0.717) is 34.3 Å². The van der Waals surface area contributed by atoms with Crippen molar-refractivity contribution in [3.05, 3.63) is 40.0 Å². The number of aromatic nitrogens is 1. The molecule has 0 radical (unpaired) electrons. The number of carbonyl (C=O) groups is 2. The molecule has 0 saturated carbocycles. The molecule has 110 valence electrons. The van der Waals surface area contributed by atoms with Crippen LogP contribution in [0.5, 0.6) is 0 Å². The molecule has 0 N–H and O–H groups in total. The van der Waals surface area contributed by atoms with Crippen molar-refractivity contribution in [3.8, 4) is 0 Å². The maximum absolute atomic E-state index is 11.8. The van der Waals surface area contributed by atoms with Gasteiger partial charge in [0.05, 0.1) is 29.9 Å². The number of hydrogen-bond donors (Lipinski definition) is 0. The van der Waals surface area contributed by atoms with E-state index in [1.165, 1.54) is 6.20 Å². The van der Waals surface area contributed by atoms with E-state index in [0.717, 1.165) is 5.39 Å². The number of esters is 2. The lowest BCUT2D eigenvalue weighted by Crippen LogP contribution is -2.07. The van der Waals surface area contributed by atoms with E-state index in [9.17, 15) is 9.59 Å². The molecular weight excluding hydrogens is 338 g/mol. The van der Waals surface area contributed by atoms with E-state index in [4.69, 9.17) is 9.47 Å². The van der Waals surface area contributed by atoms with Crippen molar-refractivity contribution in [2.45, 2.75) is 13.8 Å². The molecule has 1 aromatic heterocycles. The van der Waals surface area contributed by atoms with Gasteiger partial charge in [-0.15, -0.1) is 0 Å². The van der Waals surface area contributed by atoms with E-state index >= 15 is 0 Å². The Morgan fingerprint density at radius 3 is 2.48 bits per heavy atom. The van der Waals surface area contributed by atoms with Gasteiger partial charge in [-0.2, -0.15) is 0 Å². The SMILES string of the molecule is CCOC(=O)c1ccc2c(Br)c(C(=O)OCC)cnc2c1. The Bertz CT molecular complexity index is 699. The van der Waals surface area contributed by atoms with Crippen LogP contribution in [0.3, 0.4) is 0 Å². The molecule has 1 aromatic carbocycles.